The molecule has 3 rings (SSSR count). The summed E-state index contributed by atoms with van der Waals surface area (Å²) in [5, 5.41) is 0.128. The molecule has 0 spiro atoms. The molecular formula is C18H17F6N5O3S. The van der Waals surface area contributed by atoms with Crippen molar-refractivity contribution in [3.8, 4) is 0 Å². The van der Waals surface area contributed by atoms with E-state index in [1.807, 2.05) is 0 Å². The number of sulfone groups is 1. The third-order valence-corrected chi connectivity index (χ3v) is 7.11. The molecule has 180 valence electrons. The fourth-order valence-electron chi connectivity index (χ4n) is 3.48. The molecule has 1 aliphatic heterocycles. The molecule has 33 heavy (non-hydrogen) atoms. The minimum atomic E-state index is -4.97. The van der Waals surface area contributed by atoms with E-state index in [9.17, 15) is 39.6 Å². The monoisotopic (exact) mass is 497 g/mol. The van der Waals surface area contributed by atoms with Crippen LogP contribution in [0.2, 0.25) is 0 Å². The molecule has 0 unspecified atom stereocenters. The Morgan fingerprint density at radius 3 is 2.42 bits per heavy atom. The highest BCUT2D eigenvalue weighted by Gasteiger charge is 2.47. The van der Waals surface area contributed by atoms with Crippen molar-refractivity contribution in [3.05, 3.63) is 42.1 Å². The fraction of sp³-hybridized carbons (Fsp3) is 0.389. The molecule has 1 aromatic heterocycles. The number of carbonyl (C=O) groups is 1. The zero-order chi connectivity index (χ0) is 24.6. The molecule has 1 aromatic carbocycles. The highest BCUT2D eigenvalue weighted by atomic mass is 32.2. The van der Waals surface area contributed by atoms with Crippen LogP contribution in [0.3, 0.4) is 0 Å². The van der Waals surface area contributed by atoms with E-state index in [4.69, 9.17) is 5.73 Å². The van der Waals surface area contributed by atoms with Crippen LogP contribution in [0.4, 0.5) is 38.1 Å². The van der Waals surface area contributed by atoms with Crippen LogP contribution in [0, 0.1) is 0 Å². The summed E-state index contributed by atoms with van der Waals surface area (Å²) in [6.07, 6.45) is -9.08. The lowest BCUT2D eigenvalue weighted by atomic mass is 10.2. The molecule has 1 aliphatic rings. The van der Waals surface area contributed by atoms with Crippen molar-refractivity contribution in [2.45, 2.75) is 35.0 Å². The Labute approximate surface area is 183 Å². The summed E-state index contributed by atoms with van der Waals surface area (Å²) >= 11 is 0. The molecule has 1 fully saturated rings. The van der Waals surface area contributed by atoms with Gasteiger partial charge < -0.3 is 16.0 Å². The van der Waals surface area contributed by atoms with E-state index in [1.165, 1.54) is 12.3 Å². The van der Waals surface area contributed by atoms with Crippen LogP contribution in [-0.2, 0) is 20.8 Å². The van der Waals surface area contributed by atoms with Crippen LogP contribution >= 0.6 is 0 Å². The lowest BCUT2D eigenvalue weighted by Gasteiger charge is -2.25. The van der Waals surface area contributed by atoms with Crippen molar-refractivity contribution >= 4 is 27.5 Å². The Balaban J connectivity index is 1.99. The summed E-state index contributed by atoms with van der Waals surface area (Å²) in [6, 6.07) is 3.34. The number of halogens is 6. The van der Waals surface area contributed by atoms with Gasteiger partial charge >= 0.3 is 12.4 Å². The van der Waals surface area contributed by atoms with Gasteiger partial charge in [-0.1, -0.05) is 12.1 Å². The maximum absolute atomic E-state index is 13.4. The number of hydrogen-bond donors (Lipinski definition) is 2. The van der Waals surface area contributed by atoms with E-state index in [2.05, 4.69) is 9.97 Å². The lowest BCUT2D eigenvalue weighted by molar-refractivity contribution is -0.139. The average molecular weight is 497 g/mol. The van der Waals surface area contributed by atoms with Crippen LogP contribution in [0.5, 0.6) is 0 Å². The van der Waals surface area contributed by atoms with Crippen molar-refractivity contribution in [2.24, 2.45) is 0 Å². The number of nitrogen functional groups attached to an aromatic ring is 1. The van der Waals surface area contributed by atoms with Crippen LogP contribution in [0.25, 0.3) is 0 Å². The lowest BCUT2D eigenvalue weighted by Crippen LogP contribution is -2.46. The maximum atomic E-state index is 13.4. The Bertz CT molecular complexity index is 1140. The Morgan fingerprint density at radius 2 is 1.82 bits per heavy atom. The van der Waals surface area contributed by atoms with Crippen LogP contribution < -0.4 is 16.0 Å². The number of nitrogens with zero attached hydrogens (tertiary/aromatic N) is 3. The fourth-order valence-corrected chi connectivity index (χ4v) is 5.39. The molecule has 0 saturated carbocycles. The minimum Gasteiger partial charge on any atom is -0.368 e. The molecule has 2 heterocycles. The zero-order valence-corrected chi connectivity index (χ0v) is 17.4. The second-order valence-electron chi connectivity index (χ2n) is 7.17. The topological polar surface area (TPSA) is 118 Å². The molecule has 3 N–H and O–H groups in total. The summed E-state index contributed by atoms with van der Waals surface area (Å²) in [5.74, 6) is -1.47. The van der Waals surface area contributed by atoms with Gasteiger partial charge in [-0.15, -0.1) is 0 Å². The molecule has 0 aliphatic carbocycles. The molecule has 2 atom stereocenters. The van der Waals surface area contributed by atoms with Crippen molar-refractivity contribution in [1.29, 1.82) is 0 Å². The average Bonchev–Trinajstić information content (AvgIpc) is 3.17. The number of amides is 1. The summed E-state index contributed by atoms with van der Waals surface area (Å²) in [7, 11) is -4.65. The molecular weight excluding hydrogens is 480 g/mol. The Kier molecular flexibility index (Phi) is 6.46. The predicted molar refractivity (Wildman–Crippen MR) is 104 cm³/mol. The summed E-state index contributed by atoms with van der Waals surface area (Å²) in [4.78, 5) is 20.1. The quantitative estimate of drug-likeness (QED) is 0.608. The van der Waals surface area contributed by atoms with Crippen molar-refractivity contribution in [2.75, 3.05) is 23.7 Å². The van der Waals surface area contributed by atoms with Gasteiger partial charge in [0, 0.05) is 12.7 Å². The van der Waals surface area contributed by atoms with Gasteiger partial charge in [0.1, 0.15) is 18.4 Å². The second-order valence-corrected chi connectivity index (χ2v) is 9.37. The number of nitrogens with one attached hydrogen (secondary N) is 1. The number of alkyl halides is 6. The van der Waals surface area contributed by atoms with Crippen molar-refractivity contribution < 1.29 is 39.6 Å². The first-order valence-electron chi connectivity index (χ1n) is 9.30. The predicted octanol–water partition coefficient (Wildman–Crippen LogP) is 2.18. The van der Waals surface area contributed by atoms with Crippen LogP contribution in [0.1, 0.15) is 12.0 Å². The first-order chi connectivity index (χ1) is 15.2. The molecule has 2 aromatic rings. The summed E-state index contributed by atoms with van der Waals surface area (Å²) in [6.45, 7) is -2.18. The molecule has 15 heteroatoms. The van der Waals surface area contributed by atoms with Gasteiger partial charge in [-0.2, -0.15) is 31.3 Å². The molecule has 8 nitrogen and oxygen atoms in total. The first kappa shape index (κ1) is 24.5. The molecule has 1 amide bonds. The number of aromatic nitrogens is 2. The van der Waals surface area contributed by atoms with E-state index >= 15 is 0 Å². The van der Waals surface area contributed by atoms with Gasteiger partial charge in [-0.25, -0.2) is 13.4 Å². The van der Waals surface area contributed by atoms with Gasteiger partial charge in [-0.05, 0) is 24.6 Å². The number of hydrogen-bond acceptors (Lipinski definition) is 7. The van der Waals surface area contributed by atoms with Gasteiger partial charge in [0.2, 0.25) is 11.9 Å². The summed E-state index contributed by atoms with van der Waals surface area (Å²) < 4.78 is 104. The smallest absolute Gasteiger partial charge is 0.368 e. The number of anilines is 2. The number of benzene rings is 1. The van der Waals surface area contributed by atoms with E-state index in [1.54, 1.807) is 5.32 Å². The first-order valence-corrected chi connectivity index (χ1v) is 10.8. The number of carbonyl (C=O) groups excluding carboxylic acids is 1. The largest absolute Gasteiger partial charge is 0.417 e. The third-order valence-electron chi connectivity index (χ3n) is 4.92. The van der Waals surface area contributed by atoms with Gasteiger partial charge in [0.25, 0.3) is 0 Å². The Morgan fingerprint density at radius 1 is 1.15 bits per heavy atom. The zero-order valence-electron chi connectivity index (χ0n) is 16.6. The van der Waals surface area contributed by atoms with E-state index in [0.29, 0.717) is 6.07 Å². The van der Waals surface area contributed by atoms with Crippen molar-refractivity contribution in [3.63, 3.8) is 0 Å². The SMILES string of the molecule is Nc1nccc(N2C[C@@H](S(=O)(=O)c3ccccc3C(F)(F)F)C[C@H]2C(=O)NCC(F)(F)F)n1. The highest BCUT2D eigenvalue weighted by molar-refractivity contribution is 7.92. The highest BCUT2D eigenvalue weighted by Crippen LogP contribution is 2.38. The van der Waals surface area contributed by atoms with Gasteiger partial charge in [0.05, 0.1) is 15.7 Å². The van der Waals surface area contributed by atoms with Crippen LogP contribution in [-0.4, -0.2) is 54.9 Å². The standard InChI is InChI=1S/C18H17F6N5O3S/c19-17(20,21)9-27-15(30)12-7-10(8-29(12)14-5-6-26-16(25)28-14)33(31,32)13-4-2-1-3-11(13)18(22,23)24/h1-6,10,12H,7-9H2,(H,27,30)(H2,25,26,28)/t10-,12-/m0/s1. The minimum absolute atomic E-state index is 0.0588. The van der Waals surface area contributed by atoms with Crippen molar-refractivity contribution in [1.82, 2.24) is 15.3 Å². The van der Waals surface area contributed by atoms with E-state index in [0.717, 1.165) is 23.1 Å². The number of rotatable bonds is 5. The van der Waals surface area contributed by atoms with Gasteiger partial charge in [-0.3, -0.25) is 4.79 Å². The molecule has 0 bridgehead atoms. The third kappa shape index (κ3) is 5.46. The van der Waals surface area contributed by atoms with Gasteiger partial charge in [0.15, 0.2) is 9.84 Å². The van der Waals surface area contributed by atoms with Crippen LogP contribution in [0.15, 0.2) is 41.4 Å². The van der Waals surface area contributed by atoms with E-state index in [-0.39, 0.29) is 11.8 Å². The molecule has 1 saturated heterocycles. The molecule has 0 radical (unpaired) electrons. The number of nitrogens with two attached hydrogens (primary N) is 1. The normalized spacial score (nSPS) is 19.5. The summed E-state index contributed by atoms with van der Waals surface area (Å²) in [5.41, 5.74) is 4.12. The second kappa shape index (κ2) is 8.68. The van der Waals surface area contributed by atoms with E-state index < -0.39 is 69.4 Å². The Hall–Kier alpha value is -3.10. The maximum Gasteiger partial charge on any atom is 0.417 e.